The number of aromatic hydroxyl groups is 1. The molecule has 1 aromatic carbocycles. The standard InChI is InChI=1S/C8H11NOS/c1-11(2)6-3-4-7(9)8(10)5-6/h3-5,10H,1,9H2,2H3. The number of hydrogen-bond donors (Lipinski definition) is 2. The molecule has 1 rings (SSSR count). The molecule has 1 unspecified atom stereocenters. The summed E-state index contributed by atoms with van der Waals surface area (Å²) in [5.74, 6) is 4.00. The van der Waals surface area contributed by atoms with Crippen LogP contribution in [0.2, 0.25) is 0 Å². The third kappa shape index (κ3) is 1.74. The van der Waals surface area contributed by atoms with Crippen molar-refractivity contribution < 1.29 is 5.11 Å². The van der Waals surface area contributed by atoms with Crippen LogP contribution in [0.4, 0.5) is 5.69 Å². The second-order valence-corrected chi connectivity index (χ2v) is 4.10. The maximum Gasteiger partial charge on any atom is 0.139 e. The number of rotatable bonds is 1. The molecular weight excluding hydrogens is 158 g/mol. The van der Waals surface area contributed by atoms with E-state index in [-0.39, 0.29) is 16.2 Å². The number of phenols is 1. The summed E-state index contributed by atoms with van der Waals surface area (Å²) in [6.45, 7) is 0. The molecule has 0 bridgehead atoms. The lowest BCUT2D eigenvalue weighted by Crippen LogP contribution is -1.84. The van der Waals surface area contributed by atoms with Gasteiger partial charge in [-0.1, -0.05) is 5.87 Å². The number of nitrogen functional groups attached to an aromatic ring is 1. The second-order valence-electron chi connectivity index (χ2n) is 2.36. The van der Waals surface area contributed by atoms with Crippen LogP contribution in [0.25, 0.3) is 0 Å². The molecule has 2 nitrogen and oxygen atoms in total. The maximum atomic E-state index is 9.20. The van der Waals surface area contributed by atoms with E-state index < -0.39 is 0 Å². The highest BCUT2D eigenvalue weighted by atomic mass is 32.2. The van der Waals surface area contributed by atoms with Crippen LogP contribution in [-0.4, -0.2) is 17.2 Å². The van der Waals surface area contributed by atoms with E-state index in [1.54, 1.807) is 12.1 Å². The summed E-state index contributed by atoms with van der Waals surface area (Å²) in [6, 6.07) is 5.23. The van der Waals surface area contributed by atoms with Crippen molar-refractivity contribution in [3.63, 3.8) is 0 Å². The minimum atomic E-state index is -0.0631. The summed E-state index contributed by atoms with van der Waals surface area (Å²) in [6.07, 6.45) is 1.99. The predicted octanol–water partition coefficient (Wildman–Crippen LogP) is 1.66. The lowest BCUT2D eigenvalue weighted by atomic mass is 10.3. The van der Waals surface area contributed by atoms with Gasteiger partial charge in [-0.25, -0.2) is 0 Å². The Kier molecular flexibility index (Phi) is 2.19. The van der Waals surface area contributed by atoms with Crippen molar-refractivity contribution in [1.29, 1.82) is 0 Å². The van der Waals surface area contributed by atoms with Crippen LogP contribution in [0.3, 0.4) is 0 Å². The van der Waals surface area contributed by atoms with Crippen molar-refractivity contribution in [3.05, 3.63) is 18.2 Å². The van der Waals surface area contributed by atoms with Crippen LogP contribution < -0.4 is 5.73 Å². The molecule has 0 fully saturated rings. The largest absolute Gasteiger partial charge is 0.506 e. The predicted molar refractivity (Wildman–Crippen MR) is 51.4 cm³/mol. The van der Waals surface area contributed by atoms with Gasteiger partial charge in [0.05, 0.1) is 5.69 Å². The van der Waals surface area contributed by atoms with Gasteiger partial charge in [-0.3, -0.25) is 0 Å². The van der Waals surface area contributed by atoms with Gasteiger partial charge in [-0.2, -0.15) is 10.5 Å². The first-order valence-corrected chi connectivity index (χ1v) is 4.95. The zero-order valence-electron chi connectivity index (χ0n) is 6.37. The number of hydrogen-bond acceptors (Lipinski definition) is 2. The molecule has 60 valence electrons. The number of anilines is 1. The normalized spacial score (nSPS) is 12.8. The van der Waals surface area contributed by atoms with Gasteiger partial charge in [-0.15, -0.1) is 0 Å². The third-order valence-electron chi connectivity index (χ3n) is 1.40. The smallest absolute Gasteiger partial charge is 0.139 e. The molecule has 3 heteroatoms. The molecule has 0 heterocycles. The van der Waals surface area contributed by atoms with E-state index in [9.17, 15) is 5.11 Å². The van der Waals surface area contributed by atoms with Gasteiger partial charge in [0.25, 0.3) is 0 Å². The molecular formula is C8H11NOS. The van der Waals surface area contributed by atoms with E-state index in [1.807, 2.05) is 12.3 Å². The molecule has 3 N–H and O–H groups in total. The average molecular weight is 169 g/mol. The summed E-state index contributed by atoms with van der Waals surface area (Å²) in [5, 5.41) is 9.20. The summed E-state index contributed by atoms with van der Waals surface area (Å²) in [5.41, 5.74) is 5.84. The molecule has 11 heavy (non-hydrogen) atoms. The first-order chi connectivity index (χ1) is 5.11. The van der Waals surface area contributed by atoms with E-state index in [0.29, 0.717) is 5.69 Å². The molecule has 1 atom stereocenters. The van der Waals surface area contributed by atoms with Crippen molar-refractivity contribution in [1.82, 2.24) is 0 Å². The Labute approximate surface area is 68.6 Å². The van der Waals surface area contributed by atoms with Gasteiger partial charge in [-0.05, 0) is 24.5 Å². The van der Waals surface area contributed by atoms with Crippen LogP contribution in [0.1, 0.15) is 0 Å². The summed E-state index contributed by atoms with van der Waals surface area (Å²) >= 11 is 0. The van der Waals surface area contributed by atoms with Gasteiger partial charge < -0.3 is 10.8 Å². The van der Waals surface area contributed by atoms with Crippen molar-refractivity contribution >= 4 is 22.0 Å². The Morgan fingerprint density at radius 3 is 2.64 bits per heavy atom. The molecule has 0 aromatic heterocycles. The molecule has 1 aromatic rings. The van der Waals surface area contributed by atoms with E-state index in [4.69, 9.17) is 5.73 Å². The number of benzene rings is 1. The molecule has 0 spiro atoms. The topological polar surface area (TPSA) is 46.2 Å². The van der Waals surface area contributed by atoms with Gasteiger partial charge in [0, 0.05) is 4.90 Å². The van der Waals surface area contributed by atoms with Gasteiger partial charge in [0.15, 0.2) is 0 Å². The van der Waals surface area contributed by atoms with Crippen LogP contribution >= 0.6 is 10.5 Å². The molecule has 0 aliphatic heterocycles. The van der Waals surface area contributed by atoms with Crippen molar-refractivity contribution in [3.8, 4) is 5.75 Å². The Morgan fingerprint density at radius 1 is 1.55 bits per heavy atom. The Balaban J connectivity index is 3.15. The minimum Gasteiger partial charge on any atom is -0.506 e. The van der Waals surface area contributed by atoms with Gasteiger partial charge in [0.2, 0.25) is 0 Å². The Morgan fingerprint density at radius 2 is 2.18 bits per heavy atom. The zero-order chi connectivity index (χ0) is 8.43. The lowest BCUT2D eigenvalue weighted by molar-refractivity contribution is 0.476. The highest BCUT2D eigenvalue weighted by Gasteiger charge is 1.97. The van der Waals surface area contributed by atoms with Crippen LogP contribution in [0.5, 0.6) is 5.75 Å². The van der Waals surface area contributed by atoms with E-state index >= 15 is 0 Å². The first kappa shape index (κ1) is 8.14. The molecule has 0 aliphatic carbocycles. The van der Waals surface area contributed by atoms with Crippen molar-refractivity contribution in [2.45, 2.75) is 4.90 Å². The van der Waals surface area contributed by atoms with Crippen LogP contribution in [0.15, 0.2) is 23.1 Å². The van der Waals surface area contributed by atoms with Crippen molar-refractivity contribution in [2.24, 2.45) is 0 Å². The second kappa shape index (κ2) is 2.96. The summed E-state index contributed by atoms with van der Waals surface area (Å²) in [7, 11) is -0.0631. The third-order valence-corrected chi connectivity index (χ3v) is 2.46. The molecule has 0 saturated heterocycles. The fraction of sp³-hybridized carbons (Fsp3) is 0.125. The Hall–Kier alpha value is -0.960. The van der Waals surface area contributed by atoms with E-state index in [0.717, 1.165) is 4.90 Å². The van der Waals surface area contributed by atoms with Gasteiger partial charge in [0.1, 0.15) is 5.75 Å². The average Bonchev–Trinajstić information content (AvgIpc) is 1.94. The number of phenolic OH excluding ortho intramolecular Hbond substituents is 1. The van der Waals surface area contributed by atoms with Gasteiger partial charge >= 0.3 is 0 Å². The molecule has 0 radical (unpaired) electrons. The van der Waals surface area contributed by atoms with E-state index in [1.165, 1.54) is 0 Å². The highest BCUT2D eigenvalue weighted by molar-refractivity contribution is 8.13. The quantitative estimate of drug-likeness (QED) is 0.381. The molecule has 0 aliphatic rings. The Bertz CT molecular complexity index is 296. The zero-order valence-corrected chi connectivity index (χ0v) is 7.19. The maximum absolute atomic E-state index is 9.20. The summed E-state index contributed by atoms with van der Waals surface area (Å²) < 4.78 is 0. The first-order valence-electron chi connectivity index (χ1n) is 3.15. The minimum absolute atomic E-state index is 0.0631. The lowest BCUT2D eigenvalue weighted by Gasteiger charge is -2.03. The van der Waals surface area contributed by atoms with Crippen molar-refractivity contribution in [2.75, 3.05) is 12.0 Å². The number of nitrogens with two attached hydrogens (primary N) is 1. The SMILES string of the molecule is C=S(C)c1ccc(N)c(O)c1. The summed E-state index contributed by atoms with van der Waals surface area (Å²) in [4.78, 5) is 1.02. The molecule has 0 saturated carbocycles. The fourth-order valence-corrected chi connectivity index (χ4v) is 1.35. The fourth-order valence-electron chi connectivity index (χ4n) is 0.740. The monoisotopic (exact) mass is 169 g/mol. The van der Waals surface area contributed by atoms with Crippen LogP contribution in [0, 0.1) is 0 Å². The van der Waals surface area contributed by atoms with E-state index in [2.05, 4.69) is 5.87 Å². The molecule has 0 amide bonds. The highest BCUT2D eigenvalue weighted by Crippen LogP contribution is 2.28. The van der Waals surface area contributed by atoms with Crippen LogP contribution in [-0.2, 0) is 0 Å².